The van der Waals surface area contributed by atoms with Crippen molar-refractivity contribution in [3.8, 4) is 0 Å². The second-order valence-corrected chi connectivity index (χ2v) is 7.29. The summed E-state index contributed by atoms with van der Waals surface area (Å²) in [6, 6.07) is 7.33. The minimum absolute atomic E-state index is 0.0362. The summed E-state index contributed by atoms with van der Waals surface area (Å²) in [5, 5.41) is 5.94. The number of anilines is 1. The van der Waals surface area contributed by atoms with E-state index in [-0.39, 0.29) is 11.8 Å². The number of hydrogen-bond acceptors (Lipinski definition) is 3. The zero-order valence-electron chi connectivity index (χ0n) is 14.9. The van der Waals surface area contributed by atoms with Crippen LogP contribution in [0.3, 0.4) is 0 Å². The van der Waals surface area contributed by atoms with E-state index in [1.807, 2.05) is 0 Å². The Bertz CT molecular complexity index is 589. The summed E-state index contributed by atoms with van der Waals surface area (Å²) in [4.78, 5) is 24.4. The van der Waals surface area contributed by atoms with Crippen molar-refractivity contribution in [3.05, 3.63) is 29.8 Å². The molecule has 2 saturated carbocycles. The number of benzene rings is 1. The molecule has 2 fully saturated rings. The zero-order valence-corrected chi connectivity index (χ0v) is 14.9. The van der Waals surface area contributed by atoms with E-state index in [0.717, 1.165) is 12.8 Å². The van der Waals surface area contributed by atoms with Crippen LogP contribution in [0.5, 0.6) is 0 Å². The highest BCUT2D eigenvalue weighted by Crippen LogP contribution is 2.29. The minimum Gasteiger partial charge on any atom is -0.368 e. The number of ether oxygens (including phenoxy) is 1. The molecule has 0 heterocycles. The highest BCUT2D eigenvalue weighted by Gasteiger charge is 2.24. The highest BCUT2D eigenvalue weighted by atomic mass is 16.5. The van der Waals surface area contributed by atoms with Gasteiger partial charge in [-0.15, -0.1) is 0 Å². The third kappa shape index (κ3) is 5.56. The van der Waals surface area contributed by atoms with Crippen LogP contribution < -0.4 is 10.6 Å². The van der Waals surface area contributed by atoms with Crippen LogP contribution in [0.4, 0.5) is 5.69 Å². The molecule has 2 aliphatic carbocycles. The number of carbonyl (C=O) groups excluding carboxylic acids is 2. The molecule has 0 aliphatic heterocycles. The molecule has 136 valence electrons. The van der Waals surface area contributed by atoms with Gasteiger partial charge < -0.3 is 15.4 Å². The molecular weight excluding hydrogens is 316 g/mol. The average Bonchev–Trinajstić information content (AvgIpc) is 3.45. The molecule has 25 heavy (non-hydrogen) atoms. The minimum atomic E-state index is -0.463. The quantitative estimate of drug-likeness (QED) is 0.795. The normalized spacial score (nSPS) is 19.2. The Morgan fingerprint density at radius 1 is 1.08 bits per heavy atom. The van der Waals surface area contributed by atoms with E-state index in [4.69, 9.17) is 4.74 Å². The summed E-state index contributed by atoms with van der Waals surface area (Å²) in [6.45, 7) is 2.43. The molecule has 1 unspecified atom stereocenters. The molecule has 2 aliphatic rings. The van der Waals surface area contributed by atoms with Gasteiger partial charge in [0.05, 0.1) is 6.61 Å². The smallest absolute Gasteiger partial charge is 0.253 e. The molecule has 0 aromatic heterocycles. The first-order valence-electron chi connectivity index (χ1n) is 9.45. The largest absolute Gasteiger partial charge is 0.368 e. The molecule has 2 amide bonds. The maximum absolute atomic E-state index is 12.3. The molecule has 5 nitrogen and oxygen atoms in total. The maximum Gasteiger partial charge on any atom is 0.253 e. The molecule has 0 spiro atoms. The highest BCUT2D eigenvalue weighted by molar-refractivity contribution is 5.96. The molecule has 0 radical (unpaired) electrons. The lowest BCUT2D eigenvalue weighted by Gasteiger charge is -2.22. The van der Waals surface area contributed by atoms with Crippen molar-refractivity contribution >= 4 is 17.5 Å². The van der Waals surface area contributed by atoms with Gasteiger partial charge in [0.2, 0.25) is 0 Å². The summed E-state index contributed by atoms with van der Waals surface area (Å²) in [7, 11) is 0. The van der Waals surface area contributed by atoms with E-state index < -0.39 is 6.10 Å². The van der Waals surface area contributed by atoms with Crippen molar-refractivity contribution in [2.45, 2.75) is 64.0 Å². The fourth-order valence-corrected chi connectivity index (χ4v) is 3.11. The van der Waals surface area contributed by atoms with Crippen molar-refractivity contribution in [2.24, 2.45) is 5.92 Å². The summed E-state index contributed by atoms with van der Waals surface area (Å²) >= 11 is 0. The second kappa shape index (κ2) is 8.48. The van der Waals surface area contributed by atoms with Crippen LogP contribution in [0.1, 0.15) is 62.2 Å². The molecule has 0 bridgehead atoms. The van der Waals surface area contributed by atoms with Crippen molar-refractivity contribution in [3.63, 3.8) is 0 Å². The Hall–Kier alpha value is -1.88. The van der Waals surface area contributed by atoms with E-state index >= 15 is 0 Å². The number of nitrogens with one attached hydrogen (secondary N) is 2. The van der Waals surface area contributed by atoms with Gasteiger partial charge in [-0.1, -0.05) is 19.3 Å². The van der Waals surface area contributed by atoms with Gasteiger partial charge in [0, 0.05) is 17.3 Å². The Morgan fingerprint density at radius 3 is 2.40 bits per heavy atom. The van der Waals surface area contributed by atoms with Gasteiger partial charge in [0.15, 0.2) is 0 Å². The monoisotopic (exact) mass is 344 g/mol. The average molecular weight is 344 g/mol. The lowest BCUT2D eigenvalue weighted by Crippen LogP contribution is -2.36. The first kappa shape index (κ1) is 17.9. The predicted molar refractivity (Wildman–Crippen MR) is 97.5 cm³/mol. The van der Waals surface area contributed by atoms with Crippen LogP contribution in [-0.4, -0.2) is 30.6 Å². The van der Waals surface area contributed by atoms with Crippen LogP contribution in [0.25, 0.3) is 0 Å². The van der Waals surface area contributed by atoms with E-state index in [9.17, 15) is 9.59 Å². The Kier molecular flexibility index (Phi) is 6.08. The number of hydrogen-bond donors (Lipinski definition) is 2. The van der Waals surface area contributed by atoms with Crippen LogP contribution in [0.15, 0.2) is 24.3 Å². The maximum atomic E-state index is 12.3. The predicted octanol–water partition coefficient (Wildman–Crippen LogP) is 3.50. The van der Waals surface area contributed by atoms with Crippen molar-refractivity contribution in [2.75, 3.05) is 11.9 Å². The van der Waals surface area contributed by atoms with Gasteiger partial charge >= 0.3 is 0 Å². The molecule has 1 aromatic rings. The molecule has 1 atom stereocenters. The van der Waals surface area contributed by atoms with Crippen LogP contribution in [-0.2, 0) is 9.53 Å². The fraction of sp³-hybridized carbons (Fsp3) is 0.600. The Morgan fingerprint density at radius 2 is 1.76 bits per heavy atom. The summed E-state index contributed by atoms with van der Waals surface area (Å²) in [5.41, 5.74) is 1.31. The second-order valence-electron chi connectivity index (χ2n) is 7.29. The van der Waals surface area contributed by atoms with Crippen molar-refractivity contribution < 1.29 is 14.3 Å². The van der Waals surface area contributed by atoms with Gasteiger partial charge in [-0.2, -0.15) is 0 Å². The van der Waals surface area contributed by atoms with E-state index in [1.54, 1.807) is 31.2 Å². The van der Waals surface area contributed by atoms with Gasteiger partial charge in [-0.05, 0) is 62.8 Å². The third-order valence-corrected chi connectivity index (χ3v) is 5.00. The van der Waals surface area contributed by atoms with Crippen molar-refractivity contribution in [1.29, 1.82) is 0 Å². The molecule has 0 saturated heterocycles. The SMILES string of the molecule is CC(OCC1CC1)C(=O)Nc1ccc(C(=O)NC2CCCCC2)cc1. The lowest BCUT2D eigenvalue weighted by molar-refractivity contribution is -0.126. The van der Waals surface area contributed by atoms with Crippen LogP contribution >= 0.6 is 0 Å². The van der Waals surface area contributed by atoms with Gasteiger partial charge in [-0.25, -0.2) is 0 Å². The van der Waals surface area contributed by atoms with E-state index in [2.05, 4.69) is 10.6 Å². The number of rotatable bonds is 7. The first-order valence-corrected chi connectivity index (χ1v) is 9.45. The Balaban J connectivity index is 1.47. The third-order valence-electron chi connectivity index (χ3n) is 5.00. The number of carbonyl (C=O) groups is 2. The van der Waals surface area contributed by atoms with Gasteiger partial charge in [0.1, 0.15) is 6.10 Å². The van der Waals surface area contributed by atoms with E-state index in [0.29, 0.717) is 29.8 Å². The standard InChI is InChI=1S/C20H28N2O3/c1-14(25-13-15-7-8-15)19(23)21-18-11-9-16(10-12-18)20(24)22-17-5-3-2-4-6-17/h9-12,14-15,17H,2-8,13H2,1H3,(H,21,23)(H,22,24). The molecule has 3 rings (SSSR count). The van der Waals surface area contributed by atoms with Gasteiger partial charge in [0.25, 0.3) is 11.8 Å². The van der Waals surface area contributed by atoms with Gasteiger partial charge in [-0.3, -0.25) is 9.59 Å². The zero-order chi connectivity index (χ0) is 17.6. The summed E-state index contributed by atoms with van der Waals surface area (Å²) in [5.74, 6) is 0.447. The fourth-order valence-electron chi connectivity index (χ4n) is 3.11. The van der Waals surface area contributed by atoms with Crippen molar-refractivity contribution in [1.82, 2.24) is 5.32 Å². The molecule has 2 N–H and O–H groups in total. The first-order chi connectivity index (χ1) is 12.1. The number of amides is 2. The summed E-state index contributed by atoms with van der Waals surface area (Å²) in [6.07, 6.45) is 7.74. The van der Waals surface area contributed by atoms with Crippen LogP contribution in [0, 0.1) is 5.92 Å². The Labute approximate surface area is 149 Å². The topological polar surface area (TPSA) is 67.4 Å². The lowest BCUT2D eigenvalue weighted by atomic mass is 9.95. The van der Waals surface area contributed by atoms with E-state index in [1.165, 1.54) is 32.1 Å². The van der Waals surface area contributed by atoms with Crippen LogP contribution in [0.2, 0.25) is 0 Å². The molecule has 1 aromatic carbocycles. The molecular formula is C20H28N2O3. The molecule has 5 heteroatoms. The summed E-state index contributed by atoms with van der Waals surface area (Å²) < 4.78 is 5.57.